The van der Waals surface area contributed by atoms with E-state index in [-0.39, 0.29) is 23.9 Å². The number of benzene rings is 2. The molecule has 2 aromatic rings. The summed E-state index contributed by atoms with van der Waals surface area (Å²) in [6.07, 6.45) is 9.43. The van der Waals surface area contributed by atoms with Gasteiger partial charge in [0.15, 0.2) is 11.5 Å². The minimum absolute atomic E-state index is 0.122. The summed E-state index contributed by atoms with van der Waals surface area (Å²) in [5.41, 5.74) is 2.60. The fourth-order valence-electron chi connectivity index (χ4n) is 8.08. The van der Waals surface area contributed by atoms with E-state index < -0.39 is 11.0 Å². The highest BCUT2D eigenvalue weighted by Crippen LogP contribution is 2.65. The van der Waals surface area contributed by atoms with Gasteiger partial charge in [-0.05, 0) is 94.0 Å². The van der Waals surface area contributed by atoms with Gasteiger partial charge < -0.3 is 20.3 Å². The van der Waals surface area contributed by atoms with Crippen molar-refractivity contribution in [3.63, 3.8) is 0 Å². The minimum Gasteiger partial charge on any atom is -0.504 e. The fraction of sp³-hybridized carbons (Fsp3) is 0.600. The summed E-state index contributed by atoms with van der Waals surface area (Å²) >= 11 is 0. The van der Waals surface area contributed by atoms with Crippen LogP contribution in [-0.4, -0.2) is 58.5 Å². The lowest BCUT2D eigenvalue weighted by Gasteiger charge is -2.64. The monoisotopic (exact) mass is 474 g/mol. The van der Waals surface area contributed by atoms with E-state index in [9.17, 15) is 10.2 Å². The van der Waals surface area contributed by atoms with Crippen molar-refractivity contribution in [3.8, 4) is 11.5 Å². The third kappa shape index (κ3) is 3.31. The van der Waals surface area contributed by atoms with Crippen LogP contribution in [0.4, 0.5) is 0 Å². The molecule has 2 aromatic carbocycles. The Bertz CT molecular complexity index is 1100. The van der Waals surface area contributed by atoms with Gasteiger partial charge >= 0.3 is 0 Å². The van der Waals surface area contributed by atoms with Crippen LogP contribution >= 0.6 is 0 Å². The average Bonchev–Trinajstić information content (AvgIpc) is 3.61. The molecule has 2 bridgehead atoms. The number of phenols is 1. The van der Waals surface area contributed by atoms with Crippen LogP contribution in [-0.2, 0) is 18.3 Å². The van der Waals surface area contributed by atoms with Crippen LogP contribution in [0.5, 0.6) is 11.5 Å². The molecule has 7 rings (SSSR count). The summed E-state index contributed by atoms with van der Waals surface area (Å²) in [7, 11) is 0. The number of aliphatic hydroxyl groups is 1. The molecule has 5 heteroatoms. The first-order valence-corrected chi connectivity index (χ1v) is 13.9. The average molecular weight is 475 g/mol. The van der Waals surface area contributed by atoms with E-state index in [4.69, 9.17) is 4.74 Å². The minimum atomic E-state index is -0.789. The molecule has 3 aliphatic carbocycles. The number of phenolic OH excluding ortho intramolecular Hbond substituents is 1. The largest absolute Gasteiger partial charge is 0.504 e. The number of aryl methyl sites for hydroxylation is 1. The highest BCUT2D eigenvalue weighted by atomic mass is 16.5. The molecule has 5 atom stereocenters. The molecule has 3 fully saturated rings. The molecular formula is C30H38N2O3. The summed E-state index contributed by atoms with van der Waals surface area (Å²) < 4.78 is 6.65. The predicted molar refractivity (Wildman–Crippen MR) is 136 cm³/mol. The van der Waals surface area contributed by atoms with Gasteiger partial charge in [0.05, 0.1) is 11.0 Å². The lowest BCUT2D eigenvalue weighted by Crippen LogP contribution is -2.78. The Morgan fingerprint density at radius 2 is 1.89 bits per heavy atom. The van der Waals surface area contributed by atoms with Crippen LogP contribution < -0.4 is 10.1 Å². The van der Waals surface area contributed by atoms with Gasteiger partial charge in [-0.1, -0.05) is 36.4 Å². The second-order valence-corrected chi connectivity index (χ2v) is 11.8. The lowest BCUT2D eigenvalue weighted by molar-refractivity contribution is -0.191. The normalized spacial score (nSPS) is 34.9. The summed E-state index contributed by atoms with van der Waals surface area (Å²) in [6.45, 7) is 3.10. The number of piperidine rings is 1. The first kappa shape index (κ1) is 22.1. The van der Waals surface area contributed by atoms with Gasteiger partial charge in [0.1, 0.15) is 6.10 Å². The maximum absolute atomic E-state index is 12.5. The number of ether oxygens (including phenoxy) is 1. The first-order valence-electron chi connectivity index (χ1n) is 13.9. The zero-order chi connectivity index (χ0) is 23.6. The van der Waals surface area contributed by atoms with E-state index in [1.165, 1.54) is 24.0 Å². The van der Waals surface area contributed by atoms with Crippen LogP contribution in [0.1, 0.15) is 61.6 Å². The Morgan fingerprint density at radius 3 is 2.71 bits per heavy atom. The van der Waals surface area contributed by atoms with Crippen LogP contribution in [0.2, 0.25) is 0 Å². The molecule has 2 saturated carbocycles. The van der Waals surface area contributed by atoms with Crippen LogP contribution in [0.15, 0.2) is 42.5 Å². The van der Waals surface area contributed by atoms with E-state index in [0.29, 0.717) is 5.75 Å². The molecule has 1 spiro atoms. The van der Waals surface area contributed by atoms with Crippen molar-refractivity contribution in [2.45, 2.75) is 87.0 Å². The highest BCUT2D eigenvalue weighted by molar-refractivity contribution is 5.62. The third-order valence-corrected chi connectivity index (χ3v) is 9.90. The second kappa shape index (κ2) is 8.22. The molecule has 3 N–H and O–H groups in total. The van der Waals surface area contributed by atoms with Crippen LogP contribution in [0, 0.1) is 5.92 Å². The standard InChI is InChI=1S/C30H38N2O3/c33-24-12-11-22-18-25-30(34)14-13-23(31-16-5-4-8-20-6-2-1-3-7-20)28-29(30,26(22)27(24)35-28)15-17-32(25)19-21-9-10-21/h1-3,6-7,11-12,21,23,25,28,31,33-34H,4-5,8-10,13-19H2/t23-,25-,28+,29+,30-/m1/s1. The molecule has 186 valence electrons. The molecule has 2 heterocycles. The maximum Gasteiger partial charge on any atom is 0.165 e. The number of nitrogens with one attached hydrogen (secondary N) is 1. The molecule has 5 aliphatic rings. The molecule has 35 heavy (non-hydrogen) atoms. The summed E-state index contributed by atoms with van der Waals surface area (Å²) in [4.78, 5) is 2.60. The molecule has 5 nitrogen and oxygen atoms in total. The molecule has 0 unspecified atom stereocenters. The van der Waals surface area contributed by atoms with Gasteiger partial charge in [0.2, 0.25) is 0 Å². The van der Waals surface area contributed by atoms with E-state index in [1.54, 1.807) is 6.07 Å². The van der Waals surface area contributed by atoms with Gasteiger partial charge in [-0.25, -0.2) is 0 Å². The van der Waals surface area contributed by atoms with Gasteiger partial charge in [-0.2, -0.15) is 0 Å². The smallest absolute Gasteiger partial charge is 0.165 e. The highest BCUT2D eigenvalue weighted by Gasteiger charge is 2.72. The Hall–Kier alpha value is -2.08. The molecule has 0 aromatic heterocycles. The number of rotatable bonds is 8. The van der Waals surface area contributed by atoms with Gasteiger partial charge in [-0.15, -0.1) is 0 Å². The molecule has 2 aliphatic heterocycles. The maximum atomic E-state index is 12.5. The number of aromatic hydroxyl groups is 1. The lowest BCUT2D eigenvalue weighted by atomic mass is 9.48. The number of hydrogen-bond acceptors (Lipinski definition) is 5. The zero-order valence-corrected chi connectivity index (χ0v) is 20.6. The Kier molecular flexibility index (Phi) is 5.20. The third-order valence-electron chi connectivity index (χ3n) is 9.90. The number of hydrogen-bond donors (Lipinski definition) is 3. The second-order valence-electron chi connectivity index (χ2n) is 11.8. The van der Waals surface area contributed by atoms with Gasteiger partial charge in [-0.3, -0.25) is 4.90 Å². The molecular weight excluding hydrogens is 436 g/mol. The van der Waals surface area contributed by atoms with E-state index >= 15 is 0 Å². The van der Waals surface area contributed by atoms with Gasteiger partial charge in [0, 0.05) is 24.2 Å². The zero-order valence-electron chi connectivity index (χ0n) is 20.6. The van der Waals surface area contributed by atoms with Gasteiger partial charge in [0.25, 0.3) is 0 Å². The Morgan fingerprint density at radius 1 is 1.03 bits per heavy atom. The van der Waals surface area contributed by atoms with Crippen molar-refractivity contribution in [1.29, 1.82) is 0 Å². The van der Waals surface area contributed by atoms with Crippen molar-refractivity contribution in [2.24, 2.45) is 5.92 Å². The fourth-order valence-corrected chi connectivity index (χ4v) is 8.08. The van der Waals surface area contributed by atoms with Crippen molar-refractivity contribution >= 4 is 0 Å². The van der Waals surface area contributed by atoms with E-state index in [0.717, 1.165) is 76.1 Å². The SMILES string of the molecule is Oc1ccc2c3c1O[C@H]1[C@H](NCCCCc4ccccc4)CC[C@@]4(O)[C@@H](C2)N(CC2CC2)CC[C@]314. The molecule has 0 radical (unpaired) electrons. The van der Waals surface area contributed by atoms with Crippen molar-refractivity contribution in [2.75, 3.05) is 19.6 Å². The Balaban J connectivity index is 1.13. The van der Waals surface area contributed by atoms with E-state index in [2.05, 4.69) is 46.6 Å². The van der Waals surface area contributed by atoms with Crippen molar-refractivity contribution in [1.82, 2.24) is 10.2 Å². The number of nitrogens with zero attached hydrogens (tertiary/aromatic N) is 1. The number of unbranched alkanes of at least 4 members (excludes halogenated alkanes) is 1. The van der Waals surface area contributed by atoms with Crippen LogP contribution in [0.25, 0.3) is 0 Å². The molecule has 1 saturated heterocycles. The number of likely N-dealkylation sites (tertiary alicyclic amines) is 1. The topological polar surface area (TPSA) is 65.0 Å². The van der Waals surface area contributed by atoms with E-state index in [1.807, 2.05) is 0 Å². The summed E-state index contributed by atoms with van der Waals surface area (Å²) in [5.74, 6) is 1.70. The summed E-state index contributed by atoms with van der Waals surface area (Å²) in [6, 6.07) is 15.0. The van der Waals surface area contributed by atoms with Crippen molar-refractivity contribution in [3.05, 3.63) is 59.2 Å². The Labute approximate surface area is 208 Å². The quantitative estimate of drug-likeness (QED) is 0.506. The predicted octanol–water partition coefficient (Wildman–Crippen LogP) is 3.94. The summed E-state index contributed by atoms with van der Waals surface area (Å²) in [5, 5.41) is 27.1. The molecule has 0 amide bonds. The van der Waals surface area contributed by atoms with Crippen molar-refractivity contribution < 1.29 is 14.9 Å². The first-order chi connectivity index (χ1) is 17.1. The van der Waals surface area contributed by atoms with Crippen LogP contribution in [0.3, 0.4) is 0 Å².